The molecule has 0 atom stereocenters. The molecule has 0 aromatic carbocycles. The van der Waals surface area contributed by atoms with Crippen molar-refractivity contribution in [2.24, 2.45) is 0 Å². The Balaban J connectivity index is 0. The van der Waals surface area contributed by atoms with Gasteiger partial charge < -0.3 is 71.2 Å². The minimum absolute atomic E-state index is 0. The van der Waals surface area contributed by atoms with E-state index in [0.29, 0.717) is 0 Å². The summed E-state index contributed by atoms with van der Waals surface area (Å²) in [7, 11) is 0. The van der Waals surface area contributed by atoms with E-state index in [0.717, 1.165) is 0 Å². The van der Waals surface area contributed by atoms with E-state index in [-0.39, 0.29) is 259 Å². The zero-order valence-corrected chi connectivity index (χ0v) is 24.3. The molecule has 13 nitrogen and oxygen atoms in total. The minimum Gasteiger partial charge on any atom is -2.00 e. The van der Waals surface area contributed by atoms with Crippen molar-refractivity contribution in [3.8, 4) is 0 Å². The third-order valence-electron chi connectivity index (χ3n) is 0. The van der Waals surface area contributed by atoms with Crippen LogP contribution in [0.15, 0.2) is 0 Å². The molecule has 0 saturated heterocycles. The molecule has 0 aliphatic rings. The molecule has 104 valence electrons. The van der Waals surface area contributed by atoms with Gasteiger partial charge in [0.1, 0.15) is 0 Å². The largest absolute Gasteiger partial charge is 3.00 e. The summed E-state index contributed by atoms with van der Waals surface area (Å²) in [6.45, 7) is 0. The van der Waals surface area contributed by atoms with Crippen molar-refractivity contribution < 1.29 is 71.2 Å². The molecule has 0 spiro atoms. The standard InChI is InChI=1S/8Al.Ba.13O/q8*+3;+2;13*-2. The molecule has 0 radical (unpaired) electrons. The summed E-state index contributed by atoms with van der Waals surface area (Å²) in [5.41, 5.74) is 0. The van der Waals surface area contributed by atoms with Crippen molar-refractivity contribution in [1.82, 2.24) is 0 Å². The van der Waals surface area contributed by atoms with Crippen molar-refractivity contribution in [2.75, 3.05) is 0 Å². The quantitative estimate of drug-likeness (QED) is 0.251. The molecule has 0 rings (SSSR count). The Morgan fingerprint density at radius 1 is 0.136 bits per heavy atom. The van der Waals surface area contributed by atoms with Crippen molar-refractivity contribution in [3.63, 3.8) is 0 Å². The van der Waals surface area contributed by atoms with E-state index < -0.39 is 0 Å². The second-order valence-electron chi connectivity index (χ2n) is 0. The van der Waals surface area contributed by atoms with Crippen LogP contribution >= 0.6 is 0 Å². The molecule has 0 aliphatic heterocycles. The van der Waals surface area contributed by atoms with Crippen LogP contribution in [-0.4, -0.2) is 188 Å². The molecule has 0 aromatic rings. The van der Waals surface area contributed by atoms with Gasteiger partial charge in [-0.25, -0.2) is 0 Å². The maximum absolute atomic E-state index is 0. The van der Waals surface area contributed by atoms with Crippen molar-refractivity contribution >= 4 is 188 Å². The zero-order chi connectivity index (χ0) is 0. The SMILES string of the molecule is [Al+3].[Al+3].[Al+3].[Al+3].[Al+3].[Al+3].[Al+3].[Al+3].[Ba+2].[O-2].[O-2].[O-2].[O-2].[O-2].[O-2].[O-2].[O-2].[O-2].[O-2].[O-2].[O-2].[O-2]. The molecule has 0 heterocycles. The van der Waals surface area contributed by atoms with Crippen LogP contribution in [-0.2, 0) is 71.2 Å². The van der Waals surface area contributed by atoms with E-state index >= 15 is 0 Å². The molecule has 22 heavy (non-hydrogen) atoms. The molecular formula is Al8BaO13. The summed E-state index contributed by atoms with van der Waals surface area (Å²) in [6.07, 6.45) is 0. The van der Waals surface area contributed by atoms with Crippen molar-refractivity contribution in [3.05, 3.63) is 0 Å². The van der Waals surface area contributed by atoms with Gasteiger partial charge in [0.15, 0.2) is 0 Å². The van der Waals surface area contributed by atoms with Gasteiger partial charge in [-0.3, -0.25) is 0 Å². The Morgan fingerprint density at radius 3 is 0.136 bits per heavy atom. The van der Waals surface area contributed by atoms with E-state index in [1.807, 2.05) is 0 Å². The first-order valence-electron chi connectivity index (χ1n) is 0. The molecule has 22 heteroatoms. The molecule has 0 bridgehead atoms. The third-order valence-corrected chi connectivity index (χ3v) is 0. The third kappa shape index (κ3) is 530. The summed E-state index contributed by atoms with van der Waals surface area (Å²) in [4.78, 5) is 0. The average Bonchev–Trinajstić information content (AvgIpc) is 0. The van der Waals surface area contributed by atoms with Gasteiger partial charge in [0.25, 0.3) is 0 Å². The van der Waals surface area contributed by atoms with Gasteiger partial charge in [0.2, 0.25) is 0 Å². The van der Waals surface area contributed by atoms with E-state index in [4.69, 9.17) is 0 Å². The molecule has 0 unspecified atom stereocenters. The fourth-order valence-electron chi connectivity index (χ4n) is 0. The van der Waals surface area contributed by atoms with E-state index in [1.165, 1.54) is 0 Å². The van der Waals surface area contributed by atoms with Crippen LogP contribution in [0.3, 0.4) is 0 Å². The summed E-state index contributed by atoms with van der Waals surface area (Å²) in [5, 5.41) is 0. The Morgan fingerprint density at radius 2 is 0.136 bits per heavy atom. The Labute approximate surface area is 254 Å². The van der Waals surface area contributed by atoms with Gasteiger partial charge in [-0.15, -0.1) is 0 Å². The molecule has 0 N–H and O–H groups in total. The normalized spacial score (nSPS) is 0. The first-order chi connectivity index (χ1) is 0. The Hall–Kier alpha value is 5.31. The van der Waals surface area contributed by atoms with Gasteiger partial charge in [0.05, 0.1) is 0 Å². The molecule has 0 fully saturated rings. The van der Waals surface area contributed by atoms with E-state index in [2.05, 4.69) is 0 Å². The van der Waals surface area contributed by atoms with E-state index in [1.54, 1.807) is 0 Å². The maximum atomic E-state index is 0. The van der Waals surface area contributed by atoms with E-state index in [9.17, 15) is 0 Å². The first-order valence-corrected chi connectivity index (χ1v) is 0. The fourth-order valence-corrected chi connectivity index (χ4v) is 0. The first kappa shape index (κ1) is 670. The molecule has 0 aliphatic carbocycles. The molecule has 0 aromatic heterocycles. The van der Waals surface area contributed by atoms with Gasteiger partial charge in [-0.2, -0.15) is 0 Å². The number of rotatable bonds is 0. The Bertz CT molecular complexity index is 26.0. The van der Waals surface area contributed by atoms with Gasteiger partial charge in [0, 0.05) is 0 Å². The number of hydrogen-bond acceptors (Lipinski definition) is 0. The van der Waals surface area contributed by atoms with Gasteiger partial charge in [-0.05, 0) is 0 Å². The smallest absolute Gasteiger partial charge is 2.00 e. The summed E-state index contributed by atoms with van der Waals surface area (Å²) >= 11 is 0. The van der Waals surface area contributed by atoms with Crippen LogP contribution in [0.5, 0.6) is 0 Å². The van der Waals surface area contributed by atoms with Crippen LogP contribution in [0.1, 0.15) is 0 Å². The predicted molar refractivity (Wildman–Crippen MR) is 60.7 cm³/mol. The van der Waals surface area contributed by atoms with Crippen LogP contribution in [0, 0.1) is 0 Å². The topological polar surface area (TPSA) is 370 Å². The van der Waals surface area contributed by atoms with Gasteiger partial charge in [-0.1, -0.05) is 0 Å². The predicted octanol–water partition coefficient (Wildman–Crippen LogP) is -4.97. The monoisotopic (exact) mass is 562 g/mol. The van der Waals surface area contributed by atoms with Crippen LogP contribution in [0.25, 0.3) is 0 Å². The second kappa shape index (κ2) is 598. The van der Waals surface area contributed by atoms with Crippen molar-refractivity contribution in [1.29, 1.82) is 0 Å². The average molecular weight is 561 g/mol. The Kier molecular flexibility index (Phi) is 18200. The molecule has 0 amide bonds. The van der Waals surface area contributed by atoms with Gasteiger partial charge >= 0.3 is 188 Å². The summed E-state index contributed by atoms with van der Waals surface area (Å²) in [5.74, 6) is 0. The molecule has 0 saturated carbocycles. The van der Waals surface area contributed by atoms with Crippen LogP contribution in [0.4, 0.5) is 0 Å². The summed E-state index contributed by atoms with van der Waals surface area (Å²) in [6, 6.07) is 0. The van der Waals surface area contributed by atoms with Crippen molar-refractivity contribution in [2.45, 2.75) is 0 Å². The second-order valence-corrected chi connectivity index (χ2v) is 0. The summed E-state index contributed by atoms with van der Waals surface area (Å²) < 4.78 is 0. The maximum Gasteiger partial charge on any atom is 3.00 e. The van der Waals surface area contributed by atoms with Crippen LogP contribution < -0.4 is 0 Å². The number of hydrogen-bond donors (Lipinski definition) is 0. The molecular weight excluding hydrogens is 561 g/mol. The minimum atomic E-state index is 0. The van der Waals surface area contributed by atoms with Crippen LogP contribution in [0.2, 0.25) is 0 Å². The zero-order valence-electron chi connectivity index (χ0n) is 10.6. The fraction of sp³-hybridized carbons (Fsp3) is 0.